The van der Waals surface area contributed by atoms with Crippen molar-refractivity contribution in [3.8, 4) is 0 Å². The van der Waals surface area contributed by atoms with E-state index >= 15 is 0 Å². The number of ether oxygens (including phenoxy) is 2. The molecule has 0 spiro atoms. The first-order chi connectivity index (χ1) is 6.41. The van der Waals surface area contributed by atoms with Crippen LogP contribution in [0.1, 0.15) is 27.7 Å². The fraction of sp³-hybridized carbons (Fsp3) is 0.750. The monoisotopic (exact) mass is 238 g/mol. The van der Waals surface area contributed by atoms with Gasteiger partial charge in [0.1, 0.15) is 0 Å². The Kier molecular flexibility index (Phi) is 8.85. The fourth-order valence-electron chi connectivity index (χ4n) is 0.532. The highest BCUT2D eigenvalue weighted by molar-refractivity contribution is 5.85. The van der Waals surface area contributed by atoms with Gasteiger partial charge in [0.15, 0.2) is 0 Å². The molecule has 0 heterocycles. The summed E-state index contributed by atoms with van der Waals surface area (Å²) in [6.07, 6.45) is -2.38. The third kappa shape index (κ3) is 10.8. The number of rotatable bonds is 2. The molecule has 88 valence electrons. The zero-order chi connectivity index (χ0) is 11.1. The zero-order valence-corrected chi connectivity index (χ0v) is 9.91. The van der Waals surface area contributed by atoms with Gasteiger partial charge in [0.05, 0.1) is 12.2 Å². The Labute approximate surface area is 94.4 Å². The molecule has 0 bridgehead atoms. The van der Waals surface area contributed by atoms with Crippen LogP contribution in [0.5, 0.6) is 0 Å². The quantitative estimate of drug-likeness (QED) is 0.693. The minimum absolute atomic E-state index is 0. The first kappa shape index (κ1) is 16.3. The van der Waals surface area contributed by atoms with Gasteiger partial charge in [-0.1, -0.05) is 10.2 Å². The fourth-order valence-corrected chi connectivity index (χ4v) is 0.532. The highest BCUT2D eigenvalue weighted by Crippen LogP contribution is 1.96. The maximum atomic E-state index is 10.8. The van der Waals surface area contributed by atoms with Gasteiger partial charge in [-0.2, -0.15) is 0 Å². The molecule has 0 aliphatic heterocycles. The summed E-state index contributed by atoms with van der Waals surface area (Å²) in [6, 6.07) is 0. The molecule has 0 aromatic heterocycles. The lowest BCUT2D eigenvalue weighted by atomic mass is 10.5. The lowest BCUT2D eigenvalue weighted by Crippen LogP contribution is -2.09. The highest BCUT2D eigenvalue weighted by atomic mass is 35.5. The summed E-state index contributed by atoms with van der Waals surface area (Å²) in [5.74, 6) is 0. The molecule has 6 nitrogen and oxygen atoms in total. The maximum absolute atomic E-state index is 10.8. The van der Waals surface area contributed by atoms with Crippen LogP contribution in [0.3, 0.4) is 0 Å². The Balaban J connectivity index is 0. The molecule has 0 unspecified atom stereocenters. The molecular formula is C8H15ClN2O4. The molecule has 0 saturated carbocycles. The summed E-state index contributed by atoms with van der Waals surface area (Å²) in [4.78, 5) is 21.5. The molecule has 0 rings (SSSR count). The number of nitrogens with zero attached hydrogens (tertiary/aromatic N) is 2. The summed E-state index contributed by atoms with van der Waals surface area (Å²) >= 11 is 0. The minimum Gasteiger partial charge on any atom is -0.444 e. The van der Waals surface area contributed by atoms with Gasteiger partial charge in [0.25, 0.3) is 0 Å². The van der Waals surface area contributed by atoms with Crippen LogP contribution >= 0.6 is 12.4 Å². The average molecular weight is 239 g/mol. The molecular weight excluding hydrogens is 224 g/mol. The van der Waals surface area contributed by atoms with E-state index in [1.807, 2.05) is 0 Å². The Hall–Kier alpha value is -1.17. The van der Waals surface area contributed by atoms with Crippen molar-refractivity contribution < 1.29 is 19.1 Å². The van der Waals surface area contributed by atoms with Gasteiger partial charge in [0.2, 0.25) is 0 Å². The molecule has 0 aliphatic carbocycles. The van der Waals surface area contributed by atoms with Gasteiger partial charge < -0.3 is 9.47 Å². The third-order valence-corrected chi connectivity index (χ3v) is 0.886. The number of azo groups is 1. The van der Waals surface area contributed by atoms with Crippen LogP contribution in [0.4, 0.5) is 9.59 Å². The predicted molar refractivity (Wildman–Crippen MR) is 55.3 cm³/mol. The third-order valence-electron chi connectivity index (χ3n) is 0.886. The highest BCUT2D eigenvalue weighted by Gasteiger charge is 2.06. The topological polar surface area (TPSA) is 77.3 Å². The van der Waals surface area contributed by atoms with Crippen molar-refractivity contribution in [2.45, 2.75) is 39.9 Å². The molecule has 0 atom stereocenters. The normalized spacial score (nSPS) is 10.3. The Morgan fingerprint density at radius 1 is 0.867 bits per heavy atom. The second kappa shape index (κ2) is 8.16. The first-order valence-corrected chi connectivity index (χ1v) is 4.24. The van der Waals surface area contributed by atoms with Crippen LogP contribution in [0, 0.1) is 0 Å². The lowest BCUT2D eigenvalue weighted by molar-refractivity contribution is 0.115. The molecule has 15 heavy (non-hydrogen) atoms. The Morgan fingerprint density at radius 2 is 1.13 bits per heavy atom. The predicted octanol–water partition coefficient (Wildman–Crippen LogP) is 2.95. The van der Waals surface area contributed by atoms with Gasteiger partial charge in [0, 0.05) is 0 Å². The lowest BCUT2D eigenvalue weighted by Gasteiger charge is -2.03. The molecule has 0 aromatic rings. The van der Waals surface area contributed by atoms with Crippen LogP contribution in [-0.2, 0) is 9.47 Å². The van der Waals surface area contributed by atoms with E-state index in [0.29, 0.717) is 0 Å². The molecule has 7 heteroatoms. The second-order valence-electron chi connectivity index (χ2n) is 3.07. The molecule has 0 aliphatic rings. The van der Waals surface area contributed by atoms with Crippen LogP contribution in [0.25, 0.3) is 0 Å². The molecule has 0 aromatic carbocycles. The van der Waals surface area contributed by atoms with E-state index in [-0.39, 0.29) is 24.6 Å². The van der Waals surface area contributed by atoms with Gasteiger partial charge in [-0.05, 0) is 27.7 Å². The number of hydrogen-bond donors (Lipinski definition) is 0. The summed E-state index contributed by atoms with van der Waals surface area (Å²) in [7, 11) is 0. The van der Waals surface area contributed by atoms with E-state index in [4.69, 9.17) is 0 Å². The van der Waals surface area contributed by atoms with E-state index < -0.39 is 12.2 Å². The van der Waals surface area contributed by atoms with Gasteiger partial charge in [-0.15, -0.1) is 12.4 Å². The summed E-state index contributed by atoms with van der Waals surface area (Å²) in [6.45, 7) is 6.67. The van der Waals surface area contributed by atoms with Crippen molar-refractivity contribution >= 4 is 24.6 Å². The van der Waals surface area contributed by atoms with Crippen LogP contribution in [0.15, 0.2) is 10.2 Å². The number of halogens is 1. The number of carbonyl (C=O) groups is 2. The first-order valence-electron chi connectivity index (χ1n) is 4.24. The number of amides is 2. The Bertz CT molecular complexity index is 217. The van der Waals surface area contributed by atoms with Gasteiger partial charge >= 0.3 is 12.2 Å². The molecule has 0 saturated heterocycles. The average Bonchev–Trinajstić information content (AvgIpc) is 1.98. The van der Waals surface area contributed by atoms with Crippen molar-refractivity contribution in [2.24, 2.45) is 10.2 Å². The van der Waals surface area contributed by atoms with Gasteiger partial charge in [-0.3, -0.25) is 0 Å². The van der Waals surface area contributed by atoms with Crippen molar-refractivity contribution in [2.75, 3.05) is 0 Å². The van der Waals surface area contributed by atoms with Crippen molar-refractivity contribution in [1.82, 2.24) is 0 Å². The van der Waals surface area contributed by atoms with Gasteiger partial charge in [-0.25, -0.2) is 9.59 Å². The maximum Gasteiger partial charge on any atom is 0.452 e. The largest absolute Gasteiger partial charge is 0.452 e. The van der Waals surface area contributed by atoms with Crippen molar-refractivity contribution in [3.63, 3.8) is 0 Å². The summed E-state index contributed by atoms with van der Waals surface area (Å²) in [5.41, 5.74) is 0. The zero-order valence-electron chi connectivity index (χ0n) is 9.09. The number of hydrogen-bond acceptors (Lipinski definition) is 4. The molecule has 2 amide bonds. The summed E-state index contributed by atoms with van der Waals surface area (Å²) in [5, 5.41) is 6.01. The van der Waals surface area contributed by atoms with E-state index in [9.17, 15) is 9.59 Å². The second-order valence-corrected chi connectivity index (χ2v) is 3.07. The summed E-state index contributed by atoms with van der Waals surface area (Å²) < 4.78 is 9.20. The van der Waals surface area contributed by atoms with Crippen LogP contribution < -0.4 is 0 Å². The number of carbonyl (C=O) groups excluding carboxylic acids is 2. The van der Waals surface area contributed by atoms with Crippen molar-refractivity contribution in [1.29, 1.82) is 0 Å². The van der Waals surface area contributed by atoms with E-state index in [0.717, 1.165) is 0 Å². The minimum atomic E-state index is -0.902. The Morgan fingerprint density at radius 3 is 1.33 bits per heavy atom. The molecule has 0 fully saturated rings. The van der Waals surface area contributed by atoms with E-state index in [1.54, 1.807) is 27.7 Å². The molecule has 0 N–H and O–H groups in total. The van der Waals surface area contributed by atoms with E-state index in [2.05, 4.69) is 19.7 Å². The standard InChI is InChI=1S/C8H14N2O4.ClH/c1-5(2)13-7(11)9-10-8(12)14-6(3)4;/h5-6H,1-4H3;1H. The SMILES string of the molecule is CC(C)OC(=O)N=NC(=O)OC(C)C.Cl. The van der Waals surface area contributed by atoms with Crippen LogP contribution in [0.2, 0.25) is 0 Å². The van der Waals surface area contributed by atoms with E-state index in [1.165, 1.54) is 0 Å². The molecule has 0 radical (unpaired) electrons. The smallest absolute Gasteiger partial charge is 0.444 e. The van der Waals surface area contributed by atoms with Crippen molar-refractivity contribution in [3.05, 3.63) is 0 Å². The van der Waals surface area contributed by atoms with Crippen LogP contribution in [-0.4, -0.2) is 24.4 Å².